The van der Waals surface area contributed by atoms with Gasteiger partial charge in [-0.3, -0.25) is 9.59 Å². The van der Waals surface area contributed by atoms with Gasteiger partial charge in [-0.2, -0.15) is 0 Å². The zero-order valence-electron chi connectivity index (χ0n) is 17.5. The quantitative estimate of drug-likeness (QED) is 0.500. The van der Waals surface area contributed by atoms with Gasteiger partial charge in [-0.05, 0) is 62.2 Å². The number of benzene rings is 2. The molecule has 162 valence electrons. The van der Waals surface area contributed by atoms with E-state index in [4.69, 9.17) is 11.6 Å². The molecule has 0 heterocycles. The first-order valence-electron chi connectivity index (χ1n) is 10.0. The Morgan fingerprint density at radius 1 is 1.10 bits per heavy atom. The molecule has 0 aliphatic heterocycles. The Kier molecular flexibility index (Phi) is 9.66. The molecule has 0 aliphatic carbocycles. The summed E-state index contributed by atoms with van der Waals surface area (Å²) in [4.78, 5) is 28.2. The van der Waals surface area contributed by atoms with Crippen LogP contribution in [0.15, 0.2) is 53.4 Å². The van der Waals surface area contributed by atoms with Crippen LogP contribution in [0.1, 0.15) is 39.2 Å². The standard InChI is InChI=1S/C23H28ClFN2O2S/c1-4-16(2)26-23(29)17(3)27(15-18-5-9-20(25)10-6-18)22(28)13-14-30-21-11-7-19(24)8-12-21/h5-12,16-17H,4,13-15H2,1-3H3,(H,26,29)/t16-,17-/m0/s1. The summed E-state index contributed by atoms with van der Waals surface area (Å²) in [7, 11) is 0. The van der Waals surface area contributed by atoms with Crippen molar-refractivity contribution < 1.29 is 14.0 Å². The molecule has 0 aliphatic rings. The monoisotopic (exact) mass is 450 g/mol. The fourth-order valence-electron chi connectivity index (χ4n) is 2.77. The average Bonchev–Trinajstić information content (AvgIpc) is 2.74. The van der Waals surface area contributed by atoms with Crippen molar-refractivity contribution in [3.05, 3.63) is 64.9 Å². The second kappa shape index (κ2) is 12.0. The maximum atomic E-state index is 13.2. The lowest BCUT2D eigenvalue weighted by atomic mass is 10.1. The molecule has 2 aromatic carbocycles. The van der Waals surface area contributed by atoms with E-state index in [0.29, 0.717) is 10.8 Å². The number of hydrogen-bond acceptors (Lipinski definition) is 3. The third-order valence-electron chi connectivity index (χ3n) is 4.83. The minimum absolute atomic E-state index is 0.0307. The van der Waals surface area contributed by atoms with E-state index in [2.05, 4.69) is 5.32 Å². The van der Waals surface area contributed by atoms with Gasteiger partial charge in [-0.25, -0.2) is 4.39 Å². The van der Waals surface area contributed by atoms with Gasteiger partial charge in [-0.15, -0.1) is 11.8 Å². The summed E-state index contributed by atoms with van der Waals surface area (Å²) in [6, 6.07) is 12.8. The van der Waals surface area contributed by atoms with Gasteiger partial charge in [0.1, 0.15) is 11.9 Å². The van der Waals surface area contributed by atoms with Crippen LogP contribution in [0.4, 0.5) is 4.39 Å². The Bertz CT molecular complexity index is 830. The molecule has 0 radical (unpaired) electrons. The first-order chi connectivity index (χ1) is 14.3. The van der Waals surface area contributed by atoms with Crippen LogP contribution < -0.4 is 5.32 Å². The Labute approximate surface area is 187 Å². The number of carbonyl (C=O) groups excluding carboxylic acids is 2. The Morgan fingerprint density at radius 3 is 2.33 bits per heavy atom. The SMILES string of the molecule is CC[C@H](C)NC(=O)[C@H](C)N(Cc1ccc(F)cc1)C(=O)CCSc1ccc(Cl)cc1. The zero-order chi connectivity index (χ0) is 22.1. The summed E-state index contributed by atoms with van der Waals surface area (Å²) in [6.07, 6.45) is 1.09. The zero-order valence-corrected chi connectivity index (χ0v) is 19.1. The molecule has 2 atom stereocenters. The molecule has 1 N–H and O–H groups in total. The van der Waals surface area contributed by atoms with Crippen molar-refractivity contribution >= 4 is 35.2 Å². The molecule has 2 rings (SSSR count). The summed E-state index contributed by atoms with van der Waals surface area (Å²) in [5.74, 6) is -0.0589. The van der Waals surface area contributed by atoms with Crippen LogP contribution in [0.3, 0.4) is 0 Å². The maximum absolute atomic E-state index is 13.2. The Balaban J connectivity index is 2.06. The normalized spacial score (nSPS) is 12.8. The van der Waals surface area contributed by atoms with Crippen LogP contribution in [0.25, 0.3) is 0 Å². The van der Waals surface area contributed by atoms with E-state index in [1.54, 1.807) is 35.7 Å². The van der Waals surface area contributed by atoms with E-state index in [0.717, 1.165) is 16.9 Å². The first kappa shape index (κ1) is 24.2. The molecule has 0 spiro atoms. The average molecular weight is 451 g/mol. The highest BCUT2D eigenvalue weighted by atomic mass is 35.5. The largest absolute Gasteiger partial charge is 0.352 e. The fourth-order valence-corrected chi connectivity index (χ4v) is 3.73. The number of halogens is 2. The number of nitrogens with one attached hydrogen (secondary N) is 1. The van der Waals surface area contributed by atoms with Crippen LogP contribution in [0.5, 0.6) is 0 Å². The molecule has 2 amide bonds. The van der Waals surface area contributed by atoms with E-state index in [9.17, 15) is 14.0 Å². The van der Waals surface area contributed by atoms with Gasteiger partial charge in [0.15, 0.2) is 0 Å². The van der Waals surface area contributed by atoms with E-state index in [-0.39, 0.29) is 36.6 Å². The summed E-state index contributed by atoms with van der Waals surface area (Å²) in [5.41, 5.74) is 0.776. The third kappa shape index (κ3) is 7.65. The lowest BCUT2D eigenvalue weighted by Gasteiger charge is -2.29. The van der Waals surface area contributed by atoms with E-state index < -0.39 is 6.04 Å². The molecular formula is C23H28ClFN2O2S. The van der Waals surface area contributed by atoms with Crippen molar-refractivity contribution in [3.8, 4) is 0 Å². The predicted octanol–water partition coefficient (Wildman–Crippen LogP) is 5.29. The molecule has 4 nitrogen and oxygen atoms in total. The van der Waals surface area contributed by atoms with Crippen LogP contribution in [-0.2, 0) is 16.1 Å². The summed E-state index contributed by atoms with van der Waals surface area (Å²) in [5, 5.41) is 3.60. The van der Waals surface area contributed by atoms with Crippen molar-refractivity contribution in [2.24, 2.45) is 0 Å². The highest BCUT2D eigenvalue weighted by Crippen LogP contribution is 2.22. The van der Waals surface area contributed by atoms with E-state index >= 15 is 0 Å². The number of thioether (sulfide) groups is 1. The molecular weight excluding hydrogens is 423 g/mol. The highest BCUT2D eigenvalue weighted by molar-refractivity contribution is 7.99. The maximum Gasteiger partial charge on any atom is 0.242 e. The van der Waals surface area contributed by atoms with Crippen molar-refractivity contribution in [1.29, 1.82) is 0 Å². The van der Waals surface area contributed by atoms with Crippen LogP contribution >= 0.6 is 23.4 Å². The summed E-state index contributed by atoms with van der Waals surface area (Å²) >= 11 is 7.47. The van der Waals surface area contributed by atoms with Crippen molar-refractivity contribution in [1.82, 2.24) is 10.2 Å². The Hall–Kier alpha value is -2.05. The van der Waals surface area contributed by atoms with Gasteiger partial charge < -0.3 is 10.2 Å². The summed E-state index contributed by atoms with van der Waals surface area (Å²) in [6.45, 7) is 5.90. The number of hydrogen-bond donors (Lipinski definition) is 1. The number of rotatable bonds is 10. The van der Waals surface area contributed by atoms with Gasteiger partial charge >= 0.3 is 0 Å². The third-order valence-corrected chi connectivity index (χ3v) is 6.10. The topological polar surface area (TPSA) is 49.4 Å². The molecule has 2 aromatic rings. The molecule has 0 fully saturated rings. The molecule has 0 saturated carbocycles. The van der Waals surface area contributed by atoms with Gasteiger partial charge in [0.2, 0.25) is 11.8 Å². The molecule has 0 unspecified atom stereocenters. The second-order valence-electron chi connectivity index (χ2n) is 7.19. The van der Waals surface area contributed by atoms with Crippen LogP contribution in [0, 0.1) is 5.82 Å². The fraction of sp³-hybridized carbons (Fsp3) is 0.391. The second-order valence-corrected chi connectivity index (χ2v) is 8.80. The molecule has 0 saturated heterocycles. The van der Waals surface area contributed by atoms with Gasteiger partial charge in [0, 0.05) is 34.7 Å². The molecule has 7 heteroatoms. The van der Waals surface area contributed by atoms with Crippen LogP contribution in [-0.4, -0.2) is 34.6 Å². The van der Waals surface area contributed by atoms with E-state index in [1.165, 1.54) is 12.1 Å². The summed E-state index contributed by atoms with van der Waals surface area (Å²) < 4.78 is 13.2. The number of nitrogens with zero attached hydrogens (tertiary/aromatic N) is 1. The first-order valence-corrected chi connectivity index (χ1v) is 11.4. The molecule has 0 bridgehead atoms. The van der Waals surface area contributed by atoms with Crippen LogP contribution in [0.2, 0.25) is 5.02 Å². The Morgan fingerprint density at radius 2 is 1.73 bits per heavy atom. The number of carbonyl (C=O) groups is 2. The minimum atomic E-state index is -0.628. The van der Waals surface area contributed by atoms with Gasteiger partial charge in [0.25, 0.3) is 0 Å². The number of amides is 2. The van der Waals surface area contributed by atoms with Crippen molar-refractivity contribution in [2.45, 2.75) is 57.1 Å². The van der Waals surface area contributed by atoms with Gasteiger partial charge in [-0.1, -0.05) is 30.7 Å². The van der Waals surface area contributed by atoms with E-state index in [1.807, 2.05) is 38.1 Å². The van der Waals surface area contributed by atoms with Gasteiger partial charge in [0.05, 0.1) is 0 Å². The molecule has 30 heavy (non-hydrogen) atoms. The smallest absolute Gasteiger partial charge is 0.242 e. The lowest BCUT2D eigenvalue weighted by molar-refractivity contribution is -0.140. The van der Waals surface area contributed by atoms with Crippen molar-refractivity contribution in [3.63, 3.8) is 0 Å². The molecule has 0 aromatic heterocycles. The highest BCUT2D eigenvalue weighted by Gasteiger charge is 2.26. The lowest BCUT2D eigenvalue weighted by Crippen LogP contribution is -2.49. The van der Waals surface area contributed by atoms with Crippen molar-refractivity contribution in [2.75, 3.05) is 5.75 Å². The minimum Gasteiger partial charge on any atom is -0.352 e. The predicted molar refractivity (Wildman–Crippen MR) is 121 cm³/mol.